The summed E-state index contributed by atoms with van der Waals surface area (Å²) < 4.78 is 13.9. The summed E-state index contributed by atoms with van der Waals surface area (Å²) in [6, 6.07) is 0.187. The number of nitrogens with two attached hydrogens (primary N) is 1. The Morgan fingerprint density at radius 3 is 1.15 bits per heavy atom. The van der Waals surface area contributed by atoms with Gasteiger partial charge in [0.1, 0.15) is 0 Å². The Kier molecular flexibility index (Phi) is 23.0. The molecule has 3 heteroatoms. The zero-order valence-corrected chi connectivity index (χ0v) is 31.9. The minimum atomic E-state index is -0.409. The van der Waals surface area contributed by atoms with Crippen LogP contribution in [-0.2, 0) is 9.47 Å². The van der Waals surface area contributed by atoms with Gasteiger partial charge in [0.05, 0.1) is 11.2 Å². The Balaban J connectivity index is 1.58. The van der Waals surface area contributed by atoms with Crippen molar-refractivity contribution in [1.29, 1.82) is 0 Å². The number of rotatable bonds is 30. The average molecular weight is 654 g/mol. The summed E-state index contributed by atoms with van der Waals surface area (Å²) >= 11 is 0. The van der Waals surface area contributed by atoms with E-state index in [1.807, 2.05) is 0 Å². The zero-order chi connectivity index (χ0) is 33.9. The lowest BCUT2D eigenvalue weighted by molar-refractivity contribution is -0.210. The molecular weight excluding hydrogens is 574 g/mol. The molecule has 1 saturated heterocycles. The van der Waals surface area contributed by atoms with E-state index in [1.54, 1.807) is 0 Å². The van der Waals surface area contributed by atoms with E-state index >= 15 is 0 Å². The summed E-state index contributed by atoms with van der Waals surface area (Å²) in [6.07, 6.45) is 53.4. The smallest absolute Gasteiger partial charge is 0.170 e. The molecule has 1 saturated carbocycles. The molecule has 2 aliphatic rings. The molecule has 0 radical (unpaired) electrons. The van der Waals surface area contributed by atoms with Crippen LogP contribution in [-0.4, -0.2) is 23.0 Å². The molecule has 2 fully saturated rings. The topological polar surface area (TPSA) is 44.5 Å². The van der Waals surface area contributed by atoms with Crippen molar-refractivity contribution in [2.75, 3.05) is 0 Å². The van der Waals surface area contributed by atoms with Gasteiger partial charge in [-0.25, -0.2) is 0 Å². The van der Waals surface area contributed by atoms with Gasteiger partial charge >= 0.3 is 0 Å². The average Bonchev–Trinajstić information content (AvgIpc) is 3.38. The minimum Gasteiger partial charge on any atom is -0.341 e. The van der Waals surface area contributed by atoms with Crippen LogP contribution >= 0.6 is 0 Å². The van der Waals surface area contributed by atoms with Crippen molar-refractivity contribution in [2.24, 2.45) is 5.73 Å². The van der Waals surface area contributed by atoms with E-state index in [1.165, 1.54) is 141 Å². The van der Waals surface area contributed by atoms with Crippen molar-refractivity contribution >= 4 is 0 Å². The highest BCUT2D eigenvalue weighted by Gasteiger charge is 2.64. The highest BCUT2D eigenvalue weighted by molar-refractivity contribution is 5.12. The second kappa shape index (κ2) is 25.8. The fraction of sp³-hybridized carbons (Fsp3) is 0.818. The van der Waals surface area contributed by atoms with E-state index in [-0.39, 0.29) is 17.2 Å². The molecule has 3 nitrogen and oxygen atoms in total. The number of hydrogen-bond donors (Lipinski definition) is 1. The first-order valence-corrected chi connectivity index (χ1v) is 20.6. The van der Waals surface area contributed by atoms with E-state index in [4.69, 9.17) is 15.2 Å². The molecule has 0 aromatic rings. The maximum absolute atomic E-state index is 6.96. The Hall–Kier alpha value is -1.16. The van der Waals surface area contributed by atoms with Gasteiger partial charge in [0, 0.05) is 18.9 Å². The maximum Gasteiger partial charge on any atom is 0.170 e. The molecule has 1 aliphatic carbocycles. The molecule has 272 valence electrons. The molecule has 47 heavy (non-hydrogen) atoms. The van der Waals surface area contributed by atoms with Crippen molar-refractivity contribution in [3.8, 4) is 0 Å². The van der Waals surface area contributed by atoms with Crippen molar-refractivity contribution in [3.05, 3.63) is 48.6 Å². The lowest BCUT2D eigenvalue weighted by atomic mass is 9.90. The minimum absolute atomic E-state index is 0.187. The molecule has 2 unspecified atom stereocenters. The van der Waals surface area contributed by atoms with Gasteiger partial charge in [-0.3, -0.25) is 0 Å². The largest absolute Gasteiger partial charge is 0.341 e. The predicted octanol–water partition coefficient (Wildman–Crippen LogP) is 13.8. The first-order valence-electron chi connectivity index (χ1n) is 20.6. The molecule has 0 amide bonds. The van der Waals surface area contributed by atoms with E-state index in [9.17, 15) is 0 Å². The van der Waals surface area contributed by atoms with Crippen LogP contribution in [0.1, 0.15) is 207 Å². The Morgan fingerprint density at radius 1 is 0.468 bits per heavy atom. The van der Waals surface area contributed by atoms with Crippen molar-refractivity contribution in [2.45, 2.75) is 231 Å². The fourth-order valence-electron chi connectivity index (χ4n) is 7.74. The number of hydrogen-bond acceptors (Lipinski definition) is 3. The zero-order valence-electron chi connectivity index (χ0n) is 31.9. The van der Waals surface area contributed by atoms with Crippen LogP contribution in [0.4, 0.5) is 0 Å². The van der Waals surface area contributed by atoms with Crippen molar-refractivity contribution < 1.29 is 9.47 Å². The van der Waals surface area contributed by atoms with Gasteiger partial charge in [-0.1, -0.05) is 140 Å². The summed E-state index contributed by atoms with van der Waals surface area (Å²) in [7, 11) is 0. The van der Waals surface area contributed by atoms with Crippen molar-refractivity contribution in [3.63, 3.8) is 0 Å². The van der Waals surface area contributed by atoms with Gasteiger partial charge in [-0.05, 0) is 104 Å². The third kappa shape index (κ3) is 17.9. The molecule has 0 aromatic heterocycles. The third-order valence-corrected chi connectivity index (χ3v) is 10.8. The van der Waals surface area contributed by atoms with E-state index in [0.29, 0.717) is 0 Å². The van der Waals surface area contributed by atoms with E-state index in [2.05, 4.69) is 76.3 Å². The molecule has 2 rings (SSSR count). The molecule has 0 spiro atoms. The highest BCUT2D eigenvalue weighted by Crippen LogP contribution is 2.56. The summed E-state index contributed by atoms with van der Waals surface area (Å²) in [5, 5.41) is 0. The number of allylic oxidation sites excluding steroid dienone is 8. The second-order valence-corrected chi connectivity index (χ2v) is 15.4. The van der Waals surface area contributed by atoms with E-state index in [0.717, 1.165) is 38.5 Å². The van der Waals surface area contributed by atoms with Gasteiger partial charge < -0.3 is 15.2 Å². The molecule has 2 N–H and O–H groups in total. The molecule has 2 atom stereocenters. The predicted molar refractivity (Wildman–Crippen MR) is 207 cm³/mol. The summed E-state index contributed by atoms with van der Waals surface area (Å²) in [4.78, 5) is 0. The first kappa shape index (κ1) is 42.0. The van der Waals surface area contributed by atoms with Gasteiger partial charge in [0.15, 0.2) is 5.79 Å². The van der Waals surface area contributed by atoms with Crippen LogP contribution in [0.5, 0.6) is 0 Å². The molecule has 1 aliphatic heterocycles. The number of ether oxygens (including phenoxy) is 2. The number of fused-ring (bicyclic) bond motifs is 1. The summed E-state index contributed by atoms with van der Waals surface area (Å²) in [5.74, 6) is -0.409. The number of unbranched alkanes of at least 4 members (excludes halogenated alkanes) is 18. The summed E-state index contributed by atoms with van der Waals surface area (Å²) in [6.45, 7) is 9.06. The first-order chi connectivity index (χ1) is 22.9. The van der Waals surface area contributed by atoms with Crippen LogP contribution in [0, 0.1) is 0 Å². The van der Waals surface area contributed by atoms with Crippen LogP contribution in [0.2, 0.25) is 0 Å². The fourth-order valence-corrected chi connectivity index (χ4v) is 7.74. The molecular formula is C44H79NO2. The van der Waals surface area contributed by atoms with Gasteiger partial charge in [-0.2, -0.15) is 0 Å². The van der Waals surface area contributed by atoms with Gasteiger partial charge in [0.25, 0.3) is 0 Å². The second-order valence-electron chi connectivity index (χ2n) is 15.4. The normalized spacial score (nSPS) is 24.2. The van der Waals surface area contributed by atoms with Crippen LogP contribution < -0.4 is 5.73 Å². The Bertz CT molecular complexity index is 804. The van der Waals surface area contributed by atoms with Gasteiger partial charge in [-0.15, -0.1) is 0 Å². The SMILES string of the molecule is CCCCC/C=C\C/C=C\CCCCCCCCC1(CCCCCCCC/C=C\C/C=C\CCCCC)OC2(C)CC(N)CC2(C)O1. The van der Waals surface area contributed by atoms with E-state index < -0.39 is 5.79 Å². The molecule has 0 bridgehead atoms. The Labute approximate surface area is 293 Å². The van der Waals surface area contributed by atoms with Crippen molar-refractivity contribution in [1.82, 2.24) is 0 Å². The van der Waals surface area contributed by atoms with Crippen LogP contribution in [0.15, 0.2) is 48.6 Å². The molecule has 0 aromatic carbocycles. The summed E-state index contributed by atoms with van der Waals surface area (Å²) in [5.41, 5.74) is 5.90. The standard InChI is InChI=1S/C44H79NO2/c1-5-7-9-11-13-15-17-19-21-23-25-27-29-31-33-35-37-44(46-42(3)39-41(45)40-43(42,4)47-44)38-36-34-32-30-28-26-24-22-20-18-16-14-12-10-8-6-2/h13-16,19-22,41H,5-12,17-18,23-40,45H2,1-4H3/b15-13-,16-14-,21-19-,22-20-. The quantitative estimate of drug-likeness (QED) is 0.0620. The molecule has 1 heterocycles. The highest BCUT2D eigenvalue weighted by atomic mass is 16.8. The van der Waals surface area contributed by atoms with Gasteiger partial charge in [0.2, 0.25) is 0 Å². The van der Waals surface area contributed by atoms with Crippen LogP contribution in [0.3, 0.4) is 0 Å². The third-order valence-electron chi connectivity index (χ3n) is 10.8. The lowest BCUT2D eigenvalue weighted by Gasteiger charge is -2.32. The Morgan fingerprint density at radius 2 is 0.787 bits per heavy atom. The monoisotopic (exact) mass is 654 g/mol. The maximum atomic E-state index is 6.96. The van der Waals surface area contributed by atoms with Crippen LogP contribution in [0.25, 0.3) is 0 Å². The lowest BCUT2D eigenvalue weighted by Crippen LogP contribution is -2.41.